The van der Waals surface area contributed by atoms with Crippen molar-refractivity contribution in [2.24, 2.45) is 0 Å². The fourth-order valence-corrected chi connectivity index (χ4v) is 2.71. The topological polar surface area (TPSA) is 121 Å². The molecule has 0 bridgehead atoms. The molecule has 0 radical (unpaired) electrons. The molecule has 0 atom stereocenters. The first-order valence-electron chi connectivity index (χ1n) is 8.85. The fraction of sp³-hybridized carbons (Fsp3) is 0.143. The highest BCUT2D eigenvalue weighted by atomic mass is 35.5. The van der Waals surface area contributed by atoms with Gasteiger partial charge in [-0.3, -0.25) is 19.6 Å². The first-order chi connectivity index (χ1) is 14.3. The Morgan fingerprint density at radius 1 is 1.00 bits per heavy atom. The zero-order chi connectivity index (χ0) is 21.7. The number of nitriles is 1. The summed E-state index contributed by atoms with van der Waals surface area (Å²) in [7, 11) is 0. The van der Waals surface area contributed by atoms with Gasteiger partial charge in [-0.25, -0.2) is 4.98 Å². The lowest BCUT2D eigenvalue weighted by molar-refractivity contribution is 0.0909. The van der Waals surface area contributed by atoms with Crippen LogP contribution in [-0.4, -0.2) is 26.8 Å². The van der Waals surface area contributed by atoms with Gasteiger partial charge in [0, 0.05) is 18.6 Å². The highest BCUT2D eigenvalue weighted by Gasteiger charge is 2.25. The minimum Gasteiger partial charge on any atom is -0.341 e. The molecule has 30 heavy (non-hydrogen) atoms. The number of anilines is 1. The van der Waals surface area contributed by atoms with Crippen LogP contribution in [0.1, 0.15) is 45.8 Å². The van der Waals surface area contributed by atoms with Crippen molar-refractivity contribution in [2.45, 2.75) is 19.4 Å². The van der Waals surface area contributed by atoms with Crippen molar-refractivity contribution in [3.05, 3.63) is 82.7 Å². The number of hydrogen-bond acceptors (Lipinski definition) is 6. The summed E-state index contributed by atoms with van der Waals surface area (Å²) in [5.74, 6) is -0.717. The average molecular weight is 421 g/mol. The van der Waals surface area contributed by atoms with Gasteiger partial charge in [0.05, 0.1) is 39.8 Å². The van der Waals surface area contributed by atoms with E-state index >= 15 is 0 Å². The summed E-state index contributed by atoms with van der Waals surface area (Å²) < 4.78 is 0. The van der Waals surface area contributed by atoms with E-state index in [1.165, 1.54) is 30.9 Å². The van der Waals surface area contributed by atoms with E-state index in [1.54, 1.807) is 24.3 Å². The molecule has 3 rings (SSSR count). The maximum Gasteiger partial charge on any atom is 0.257 e. The average Bonchev–Trinajstić information content (AvgIpc) is 2.74. The van der Waals surface area contributed by atoms with Crippen molar-refractivity contribution in [3.8, 4) is 6.07 Å². The van der Waals surface area contributed by atoms with Crippen molar-refractivity contribution in [1.82, 2.24) is 20.3 Å². The molecule has 0 unspecified atom stereocenters. The van der Waals surface area contributed by atoms with E-state index < -0.39 is 11.4 Å². The van der Waals surface area contributed by atoms with Gasteiger partial charge in [-0.05, 0) is 44.2 Å². The van der Waals surface area contributed by atoms with Crippen LogP contribution in [0.25, 0.3) is 0 Å². The summed E-state index contributed by atoms with van der Waals surface area (Å²) in [6.45, 7) is 3.63. The van der Waals surface area contributed by atoms with E-state index in [9.17, 15) is 9.59 Å². The molecule has 3 aromatic rings. The van der Waals surface area contributed by atoms with Gasteiger partial charge in [-0.1, -0.05) is 11.6 Å². The smallest absolute Gasteiger partial charge is 0.257 e. The van der Waals surface area contributed by atoms with E-state index in [1.807, 2.05) is 19.9 Å². The molecule has 0 saturated carbocycles. The van der Waals surface area contributed by atoms with Crippen LogP contribution in [0.3, 0.4) is 0 Å². The number of pyridine rings is 3. The third-order valence-electron chi connectivity index (χ3n) is 4.21. The molecule has 2 amide bonds. The lowest BCUT2D eigenvalue weighted by atomic mass is 9.99. The van der Waals surface area contributed by atoms with E-state index in [-0.39, 0.29) is 11.5 Å². The summed E-state index contributed by atoms with van der Waals surface area (Å²) >= 11 is 5.75. The molecule has 0 aliphatic rings. The Hall–Kier alpha value is -3.83. The Kier molecular flexibility index (Phi) is 6.04. The quantitative estimate of drug-likeness (QED) is 0.611. The zero-order valence-electron chi connectivity index (χ0n) is 16.2. The lowest BCUT2D eigenvalue weighted by Crippen LogP contribution is -2.41. The van der Waals surface area contributed by atoms with Crippen molar-refractivity contribution >= 4 is 29.1 Å². The standard InChI is InChI=1S/C21H17ClN6O2/c1-21(2,28-20(30)14-3-6-18(22)26-11-14)17-5-4-16(12-25-17)27-19(29)15-7-13(8-23)9-24-10-15/h3-7,9-12H,1-2H3,(H,27,29)(H,28,30). The van der Waals surface area contributed by atoms with Crippen molar-refractivity contribution in [1.29, 1.82) is 5.26 Å². The predicted octanol–water partition coefficient (Wildman–Crippen LogP) is 3.31. The molecule has 0 spiro atoms. The van der Waals surface area contributed by atoms with E-state index in [0.29, 0.717) is 27.7 Å². The number of amides is 2. The zero-order valence-corrected chi connectivity index (χ0v) is 16.9. The molecule has 0 aliphatic carbocycles. The fourth-order valence-electron chi connectivity index (χ4n) is 2.60. The van der Waals surface area contributed by atoms with Crippen LogP contribution in [0.2, 0.25) is 5.15 Å². The minimum atomic E-state index is -0.774. The largest absolute Gasteiger partial charge is 0.341 e. The highest BCUT2D eigenvalue weighted by Crippen LogP contribution is 2.20. The number of halogens is 1. The molecule has 0 aliphatic heterocycles. The number of aromatic nitrogens is 3. The molecule has 150 valence electrons. The molecule has 0 aromatic carbocycles. The van der Waals surface area contributed by atoms with Crippen molar-refractivity contribution < 1.29 is 9.59 Å². The molecule has 2 N–H and O–H groups in total. The second-order valence-corrected chi connectivity index (χ2v) is 7.30. The van der Waals surface area contributed by atoms with Crippen LogP contribution in [0, 0.1) is 11.3 Å². The van der Waals surface area contributed by atoms with Crippen molar-refractivity contribution in [3.63, 3.8) is 0 Å². The maximum absolute atomic E-state index is 12.5. The second kappa shape index (κ2) is 8.68. The molecular formula is C21H17ClN6O2. The molecular weight excluding hydrogens is 404 g/mol. The Morgan fingerprint density at radius 2 is 1.80 bits per heavy atom. The Morgan fingerprint density at radius 3 is 2.43 bits per heavy atom. The third kappa shape index (κ3) is 4.96. The first kappa shape index (κ1) is 20.9. The van der Waals surface area contributed by atoms with Crippen LogP contribution in [0.4, 0.5) is 5.69 Å². The number of carbonyl (C=O) groups is 2. The molecule has 0 fully saturated rings. The summed E-state index contributed by atoms with van der Waals surface area (Å²) in [5, 5.41) is 14.8. The molecule has 3 aromatic heterocycles. The normalized spacial score (nSPS) is 10.7. The Labute approximate surface area is 178 Å². The second-order valence-electron chi connectivity index (χ2n) is 6.91. The number of nitrogens with one attached hydrogen (secondary N) is 2. The van der Waals surface area contributed by atoms with Gasteiger partial charge in [0.15, 0.2) is 0 Å². The Balaban J connectivity index is 1.69. The SMILES string of the molecule is CC(C)(NC(=O)c1ccc(Cl)nc1)c1ccc(NC(=O)c2cncc(C#N)c2)cn1. The van der Waals surface area contributed by atoms with Gasteiger partial charge in [0.1, 0.15) is 11.2 Å². The number of hydrogen-bond donors (Lipinski definition) is 2. The summed E-state index contributed by atoms with van der Waals surface area (Å²) in [6, 6.07) is 9.91. The van der Waals surface area contributed by atoms with E-state index in [0.717, 1.165) is 0 Å². The number of carbonyl (C=O) groups excluding carboxylic acids is 2. The summed E-state index contributed by atoms with van der Waals surface area (Å²) in [6.07, 6.45) is 5.65. The predicted molar refractivity (Wildman–Crippen MR) is 111 cm³/mol. The Bertz CT molecular complexity index is 1120. The van der Waals surface area contributed by atoms with Crippen molar-refractivity contribution in [2.75, 3.05) is 5.32 Å². The van der Waals surface area contributed by atoms with E-state index in [4.69, 9.17) is 16.9 Å². The molecule has 9 heteroatoms. The van der Waals surface area contributed by atoms with Crippen LogP contribution in [-0.2, 0) is 5.54 Å². The monoisotopic (exact) mass is 420 g/mol. The minimum absolute atomic E-state index is 0.266. The third-order valence-corrected chi connectivity index (χ3v) is 4.43. The van der Waals surface area contributed by atoms with Gasteiger partial charge < -0.3 is 10.6 Å². The van der Waals surface area contributed by atoms with Crippen LogP contribution < -0.4 is 10.6 Å². The summed E-state index contributed by atoms with van der Waals surface area (Å²) in [5.41, 5.74) is 1.24. The number of rotatable bonds is 5. The maximum atomic E-state index is 12.5. The molecule has 8 nitrogen and oxygen atoms in total. The summed E-state index contributed by atoms with van der Waals surface area (Å²) in [4.78, 5) is 36.9. The van der Waals surface area contributed by atoms with Crippen LogP contribution in [0.15, 0.2) is 55.1 Å². The van der Waals surface area contributed by atoms with Gasteiger partial charge in [0.25, 0.3) is 11.8 Å². The van der Waals surface area contributed by atoms with Crippen LogP contribution >= 0.6 is 11.6 Å². The lowest BCUT2D eigenvalue weighted by Gasteiger charge is -2.26. The van der Waals surface area contributed by atoms with Gasteiger partial charge in [-0.2, -0.15) is 5.26 Å². The van der Waals surface area contributed by atoms with Gasteiger partial charge in [0.2, 0.25) is 0 Å². The molecule has 0 saturated heterocycles. The molecule has 3 heterocycles. The van der Waals surface area contributed by atoms with Crippen LogP contribution in [0.5, 0.6) is 0 Å². The first-order valence-corrected chi connectivity index (χ1v) is 9.23. The van der Waals surface area contributed by atoms with E-state index in [2.05, 4.69) is 25.6 Å². The van der Waals surface area contributed by atoms with Gasteiger partial charge in [-0.15, -0.1) is 0 Å². The van der Waals surface area contributed by atoms with Gasteiger partial charge >= 0.3 is 0 Å². The highest BCUT2D eigenvalue weighted by molar-refractivity contribution is 6.29. The number of nitrogens with zero attached hydrogens (tertiary/aromatic N) is 4.